The highest BCUT2D eigenvalue weighted by atomic mass is 19.1. The van der Waals surface area contributed by atoms with E-state index in [2.05, 4.69) is 33.2 Å². The van der Waals surface area contributed by atoms with Crippen molar-refractivity contribution in [3.63, 3.8) is 0 Å². The van der Waals surface area contributed by atoms with Crippen molar-refractivity contribution in [3.05, 3.63) is 122 Å². The number of rotatable bonds is 7. The number of likely N-dealkylation sites (N-methyl/N-ethyl adjacent to an activating group) is 1. The van der Waals surface area contributed by atoms with Crippen molar-refractivity contribution in [1.29, 1.82) is 0 Å². The number of amides is 1. The van der Waals surface area contributed by atoms with Gasteiger partial charge in [0.1, 0.15) is 17.5 Å². The van der Waals surface area contributed by atoms with E-state index in [1.807, 2.05) is 24.3 Å². The number of anilines is 1. The van der Waals surface area contributed by atoms with Gasteiger partial charge in [0.2, 0.25) is 5.56 Å². The Morgan fingerprint density at radius 2 is 1.71 bits per heavy atom. The van der Waals surface area contributed by atoms with Gasteiger partial charge in [-0.25, -0.2) is 8.78 Å². The highest BCUT2D eigenvalue weighted by Gasteiger charge is 2.25. The number of nitrogens with zero attached hydrogens (tertiary/aromatic N) is 3. The van der Waals surface area contributed by atoms with Crippen LogP contribution in [-0.4, -0.2) is 68.1 Å². The molecule has 1 aromatic heterocycles. The van der Waals surface area contributed by atoms with Gasteiger partial charge in [0, 0.05) is 74.5 Å². The predicted molar refractivity (Wildman–Crippen MR) is 183 cm³/mol. The van der Waals surface area contributed by atoms with Crippen molar-refractivity contribution in [2.45, 2.75) is 32.2 Å². The number of aromatic amines is 1. The van der Waals surface area contributed by atoms with Gasteiger partial charge in [-0.15, -0.1) is 0 Å². The van der Waals surface area contributed by atoms with Crippen LogP contribution in [0.1, 0.15) is 51.0 Å². The minimum Gasteiger partial charge on any atom is -0.381 e. The number of carbonyl (C=O) groups excluding carboxylic acids is 1. The maximum absolute atomic E-state index is 14.2. The lowest BCUT2D eigenvalue weighted by molar-refractivity contribution is 0.0664. The number of nitrogens with one attached hydrogen (secondary N) is 2. The number of hydrogen-bond donors (Lipinski definition) is 2. The Hall–Kier alpha value is -4.67. The van der Waals surface area contributed by atoms with Crippen LogP contribution in [0.5, 0.6) is 0 Å². The van der Waals surface area contributed by atoms with Crippen molar-refractivity contribution in [1.82, 2.24) is 15.2 Å². The molecule has 0 radical (unpaired) electrons. The first-order valence-electron chi connectivity index (χ1n) is 16.6. The van der Waals surface area contributed by atoms with Crippen molar-refractivity contribution in [2.75, 3.05) is 51.3 Å². The summed E-state index contributed by atoms with van der Waals surface area (Å²) in [5.41, 5.74) is 6.84. The van der Waals surface area contributed by atoms with Gasteiger partial charge in [-0.3, -0.25) is 14.6 Å². The zero-order valence-electron chi connectivity index (χ0n) is 27.0. The zero-order valence-corrected chi connectivity index (χ0v) is 27.0. The van der Waals surface area contributed by atoms with Gasteiger partial charge in [0.15, 0.2) is 0 Å². The van der Waals surface area contributed by atoms with E-state index < -0.39 is 11.6 Å². The summed E-state index contributed by atoms with van der Waals surface area (Å²) in [6.45, 7) is 5.70. The average Bonchev–Trinajstić information content (AvgIpc) is 3.45. The molecule has 0 atom stereocenters. The topological polar surface area (TPSA) is 90.0 Å². The summed E-state index contributed by atoms with van der Waals surface area (Å²) >= 11 is 0. The molecule has 0 aliphatic carbocycles. The standard InChI is InChI=1S/C38H39F2N5O3/c1-44-8-10-45(11-9-44)32-2-3-33(27(18-32)14-24-5-12-48-13-6-24)38(47)43-37-35-19-28(15-25-16-30(39)22-31(40)17-25)34(20-29(35)23-42-37)26-4-7-41-36(46)21-26/h2-4,7,16-22,24H,5-6,8-15,23H2,1H3,(H,41,46)(H,42,43,47). The Morgan fingerprint density at radius 3 is 2.46 bits per heavy atom. The summed E-state index contributed by atoms with van der Waals surface area (Å²) in [7, 11) is 2.14. The molecule has 2 fully saturated rings. The largest absolute Gasteiger partial charge is 0.381 e. The molecule has 0 saturated carbocycles. The maximum Gasteiger partial charge on any atom is 0.257 e. The molecule has 7 rings (SSSR count). The van der Waals surface area contributed by atoms with Crippen LogP contribution in [0.2, 0.25) is 0 Å². The van der Waals surface area contributed by atoms with Gasteiger partial charge in [0.05, 0.1) is 6.54 Å². The molecule has 0 bridgehead atoms. The fraction of sp³-hybridized carbons (Fsp3) is 0.342. The van der Waals surface area contributed by atoms with E-state index in [0.29, 0.717) is 35.0 Å². The Kier molecular flexibility index (Phi) is 9.19. The summed E-state index contributed by atoms with van der Waals surface area (Å²) in [4.78, 5) is 38.3. The van der Waals surface area contributed by atoms with E-state index in [-0.39, 0.29) is 17.9 Å². The highest BCUT2D eigenvalue weighted by molar-refractivity contribution is 6.15. The molecule has 248 valence electrons. The minimum atomic E-state index is -0.659. The SMILES string of the molecule is CN1CCN(c2ccc(C(=O)NC3=NCc4cc(-c5cc[nH]c(=O)c5)c(Cc5cc(F)cc(F)c5)cc43)c(CC3CCOCC3)c2)CC1. The molecule has 4 heterocycles. The fourth-order valence-corrected chi connectivity index (χ4v) is 7.03. The van der Waals surface area contributed by atoms with Gasteiger partial charge >= 0.3 is 0 Å². The van der Waals surface area contributed by atoms with E-state index in [1.165, 1.54) is 18.2 Å². The molecular weight excluding hydrogens is 612 g/mol. The smallest absolute Gasteiger partial charge is 0.257 e. The molecule has 3 aliphatic rings. The van der Waals surface area contributed by atoms with Gasteiger partial charge in [0.25, 0.3) is 5.91 Å². The molecule has 4 aromatic rings. The number of H-pyrrole nitrogens is 1. The number of ether oxygens (including phenoxy) is 1. The van der Waals surface area contributed by atoms with Crippen molar-refractivity contribution < 1.29 is 18.3 Å². The number of hydrogen-bond acceptors (Lipinski definition) is 6. The Bertz CT molecular complexity index is 1910. The summed E-state index contributed by atoms with van der Waals surface area (Å²) < 4.78 is 33.9. The summed E-state index contributed by atoms with van der Waals surface area (Å²) in [5, 5.41) is 3.10. The number of piperazine rings is 1. The molecular formula is C38H39F2N5O3. The van der Waals surface area contributed by atoms with Crippen molar-refractivity contribution >= 4 is 17.4 Å². The third-order valence-electron chi connectivity index (χ3n) is 9.68. The predicted octanol–water partition coefficient (Wildman–Crippen LogP) is 5.32. The van der Waals surface area contributed by atoms with Crippen LogP contribution in [0, 0.1) is 17.6 Å². The molecule has 3 aromatic carbocycles. The minimum absolute atomic E-state index is 0.217. The first kappa shape index (κ1) is 31.9. The second-order valence-electron chi connectivity index (χ2n) is 13.1. The van der Waals surface area contributed by atoms with Crippen molar-refractivity contribution in [2.24, 2.45) is 10.9 Å². The lowest BCUT2D eigenvalue weighted by atomic mass is 9.89. The second-order valence-corrected chi connectivity index (χ2v) is 13.1. The number of aliphatic imine (C=N–C) groups is 1. The quantitative estimate of drug-likeness (QED) is 0.283. The number of aromatic nitrogens is 1. The summed E-state index contributed by atoms with van der Waals surface area (Å²) in [5.74, 6) is -0.640. The molecule has 2 saturated heterocycles. The van der Waals surface area contributed by atoms with Gasteiger partial charge in [-0.05, 0) is 121 Å². The van der Waals surface area contributed by atoms with E-state index in [1.54, 1.807) is 12.3 Å². The number of halogens is 2. The second kappa shape index (κ2) is 13.8. The number of carbonyl (C=O) groups is 1. The molecule has 0 unspecified atom stereocenters. The Labute approximate surface area is 278 Å². The first-order valence-corrected chi connectivity index (χ1v) is 16.6. The van der Waals surface area contributed by atoms with Crippen LogP contribution in [0.15, 0.2) is 76.6 Å². The normalized spacial score (nSPS) is 16.9. The van der Waals surface area contributed by atoms with Gasteiger partial charge in [-0.2, -0.15) is 0 Å². The van der Waals surface area contributed by atoms with E-state index in [4.69, 9.17) is 9.73 Å². The summed E-state index contributed by atoms with van der Waals surface area (Å²) in [6, 6.07) is 16.8. The molecule has 3 aliphatic heterocycles. The number of amidine groups is 1. The third kappa shape index (κ3) is 7.10. The maximum atomic E-state index is 14.2. The molecule has 2 N–H and O–H groups in total. The van der Waals surface area contributed by atoms with Crippen LogP contribution < -0.4 is 15.8 Å². The Balaban J connectivity index is 1.20. The van der Waals surface area contributed by atoms with Crippen LogP contribution in [-0.2, 0) is 24.1 Å². The molecule has 10 heteroatoms. The average molecular weight is 652 g/mol. The van der Waals surface area contributed by atoms with Crippen molar-refractivity contribution in [3.8, 4) is 11.1 Å². The number of benzene rings is 3. The summed E-state index contributed by atoms with van der Waals surface area (Å²) in [6.07, 6.45) is 4.52. The molecule has 8 nitrogen and oxygen atoms in total. The van der Waals surface area contributed by atoms with Crippen LogP contribution in [0.3, 0.4) is 0 Å². The van der Waals surface area contributed by atoms with E-state index in [0.717, 1.165) is 98.2 Å². The van der Waals surface area contributed by atoms with E-state index in [9.17, 15) is 18.4 Å². The lowest BCUT2D eigenvalue weighted by Gasteiger charge is -2.34. The molecule has 1 amide bonds. The Morgan fingerprint density at radius 1 is 0.938 bits per heavy atom. The fourth-order valence-electron chi connectivity index (χ4n) is 7.03. The van der Waals surface area contributed by atoms with Crippen LogP contribution in [0.25, 0.3) is 11.1 Å². The number of fused-ring (bicyclic) bond motifs is 1. The van der Waals surface area contributed by atoms with Crippen LogP contribution >= 0.6 is 0 Å². The van der Waals surface area contributed by atoms with E-state index >= 15 is 0 Å². The third-order valence-corrected chi connectivity index (χ3v) is 9.68. The zero-order chi connectivity index (χ0) is 33.2. The monoisotopic (exact) mass is 651 g/mol. The molecule has 48 heavy (non-hydrogen) atoms. The lowest BCUT2D eigenvalue weighted by Crippen LogP contribution is -2.44. The van der Waals surface area contributed by atoms with Gasteiger partial charge < -0.3 is 24.8 Å². The van der Waals surface area contributed by atoms with Gasteiger partial charge in [-0.1, -0.05) is 0 Å². The van der Waals surface area contributed by atoms with Crippen LogP contribution in [0.4, 0.5) is 14.5 Å². The number of pyridine rings is 1. The first-order chi connectivity index (χ1) is 23.3. The highest BCUT2D eigenvalue weighted by Crippen LogP contribution is 2.32. The molecule has 0 spiro atoms.